The fourth-order valence-electron chi connectivity index (χ4n) is 3.16. The molecule has 1 aliphatic carbocycles. The summed E-state index contributed by atoms with van der Waals surface area (Å²) < 4.78 is 7.32. The van der Waals surface area contributed by atoms with Gasteiger partial charge in [0.15, 0.2) is 5.82 Å². The van der Waals surface area contributed by atoms with E-state index < -0.39 is 0 Å². The molecule has 0 radical (unpaired) electrons. The molecule has 4 rings (SSSR count). The first kappa shape index (κ1) is 16.3. The molecule has 8 heteroatoms. The Balaban J connectivity index is 1.37. The summed E-state index contributed by atoms with van der Waals surface area (Å²) in [5.74, 6) is 1.89. The summed E-state index contributed by atoms with van der Waals surface area (Å²) in [6.45, 7) is 0. The number of thioether (sulfide) groups is 1. The van der Waals surface area contributed by atoms with Crippen LogP contribution in [0.25, 0.3) is 0 Å². The summed E-state index contributed by atoms with van der Waals surface area (Å²) in [6, 6.07) is 10.6. The van der Waals surface area contributed by atoms with Crippen LogP contribution in [0, 0.1) is 0 Å². The van der Waals surface area contributed by atoms with Gasteiger partial charge in [-0.15, -0.1) is 5.10 Å². The zero-order valence-corrected chi connectivity index (χ0v) is 14.7. The minimum Gasteiger partial charge on any atom is -0.338 e. The van der Waals surface area contributed by atoms with Crippen LogP contribution < -0.4 is 0 Å². The lowest BCUT2D eigenvalue weighted by Gasteiger charge is -2.21. The van der Waals surface area contributed by atoms with Gasteiger partial charge in [-0.25, -0.2) is 4.68 Å². The molecule has 1 aromatic carbocycles. The number of rotatable bonds is 6. The first-order valence-electron chi connectivity index (χ1n) is 8.64. The van der Waals surface area contributed by atoms with Crippen LogP contribution in [-0.2, 0) is 12.2 Å². The lowest BCUT2D eigenvalue weighted by molar-refractivity contribution is 0.307. The smallest absolute Gasteiger partial charge is 0.237 e. The maximum Gasteiger partial charge on any atom is 0.237 e. The van der Waals surface area contributed by atoms with Crippen LogP contribution in [0.2, 0.25) is 0 Å². The highest BCUT2D eigenvalue weighted by Crippen LogP contribution is 2.30. The highest BCUT2D eigenvalue weighted by molar-refractivity contribution is 7.98. The van der Waals surface area contributed by atoms with Crippen molar-refractivity contribution in [3.8, 4) is 0 Å². The molecule has 0 spiro atoms. The molecular formula is C17H20N6OS. The molecule has 0 amide bonds. The van der Waals surface area contributed by atoms with Gasteiger partial charge >= 0.3 is 0 Å². The van der Waals surface area contributed by atoms with Crippen LogP contribution in [0.5, 0.6) is 0 Å². The van der Waals surface area contributed by atoms with E-state index in [0.717, 1.165) is 18.0 Å². The summed E-state index contributed by atoms with van der Waals surface area (Å²) in [6.07, 6.45) is 6.80. The minimum atomic E-state index is 0.419. The Morgan fingerprint density at radius 3 is 2.80 bits per heavy atom. The molecule has 0 bridgehead atoms. The Kier molecular flexibility index (Phi) is 5.06. The molecule has 25 heavy (non-hydrogen) atoms. The molecule has 1 aliphatic rings. The van der Waals surface area contributed by atoms with Crippen molar-refractivity contribution in [2.45, 2.75) is 55.5 Å². The molecule has 0 unspecified atom stereocenters. The predicted octanol–water partition coefficient (Wildman–Crippen LogP) is 3.44. The van der Waals surface area contributed by atoms with Gasteiger partial charge in [0, 0.05) is 6.42 Å². The van der Waals surface area contributed by atoms with Gasteiger partial charge in [-0.05, 0) is 28.8 Å². The molecule has 3 aromatic rings. The third-order valence-corrected chi connectivity index (χ3v) is 5.34. The third kappa shape index (κ3) is 4.07. The van der Waals surface area contributed by atoms with Crippen LogP contribution >= 0.6 is 11.8 Å². The molecule has 130 valence electrons. The summed E-state index contributed by atoms with van der Waals surface area (Å²) in [4.78, 5) is 4.47. The molecule has 2 heterocycles. The molecule has 1 saturated carbocycles. The zero-order chi connectivity index (χ0) is 16.9. The first-order chi connectivity index (χ1) is 12.4. The number of aromatic nitrogens is 6. The number of nitrogens with zero attached hydrogens (tertiary/aromatic N) is 6. The molecule has 0 saturated heterocycles. The average Bonchev–Trinajstić information content (AvgIpc) is 3.31. The van der Waals surface area contributed by atoms with Gasteiger partial charge in [-0.1, -0.05) is 66.5 Å². The second-order valence-corrected chi connectivity index (χ2v) is 7.20. The highest BCUT2D eigenvalue weighted by Gasteiger charge is 2.20. The lowest BCUT2D eigenvalue weighted by atomic mass is 9.96. The van der Waals surface area contributed by atoms with Crippen LogP contribution in [0.15, 0.2) is 40.0 Å². The van der Waals surface area contributed by atoms with Crippen LogP contribution in [0.1, 0.15) is 55.4 Å². The second kappa shape index (κ2) is 7.77. The van der Waals surface area contributed by atoms with E-state index in [-0.39, 0.29) is 0 Å². The van der Waals surface area contributed by atoms with Crippen LogP contribution in [0.4, 0.5) is 0 Å². The van der Waals surface area contributed by atoms with Crippen molar-refractivity contribution in [3.63, 3.8) is 0 Å². The fourth-order valence-corrected chi connectivity index (χ4v) is 3.94. The monoisotopic (exact) mass is 356 g/mol. The van der Waals surface area contributed by atoms with Gasteiger partial charge in [0.2, 0.25) is 11.0 Å². The van der Waals surface area contributed by atoms with E-state index in [9.17, 15) is 0 Å². The Hall–Kier alpha value is -2.22. The molecule has 0 atom stereocenters. The molecule has 2 aromatic heterocycles. The topological polar surface area (TPSA) is 82.5 Å². The van der Waals surface area contributed by atoms with E-state index in [1.54, 1.807) is 11.8 Å². The van der Waals surface area contributed by atoms with Crippen molar-refractivity contribution in [1.82, 2.24) is 30.3 Å². The third-order valence-electron chi connectivity index (χ3n) is 4.42. The number of tetrazole rings is 1. The standard InChI is InChI=1S/C17H20N6OS/c1-3-7-13(8-4-1)11-15-18-16(24-20-15)12-25-17-19-21-22-23(17)14-9-5-2-6-10-14/h1,3-4,7-8,14H,2,5-6,9-12H2. The van der Waals surface area contributed by atoms with Crippen molar-refractivity contribution in [1.29, 1.82) is 0 Å². The van der Waals surface area contributed by atoms with E-state index in [1.165, 1.54) is 24.8 Å². The van der Waals surface area contributed by atoms with Crippen molar-refractivity contribution in [2.24, 2.45) is 0 Å². The van der Waals surface area contributed by atoms with Gasteiger partial charge < -0.3 is 4.52 Å². The number of hydrogen-bond acceptors (Lipinski definition) is 7. The van der Waals surface area contributed by atoms with E-state index in [4.69, 9.17) is 4.52 Å². The van der Waals surface area contributed by atoms with E-state index in [0.29, 0.717) is 29.9 Å². The Morgan fingerprint density at radius 2 is 1.96 bits per heavy atom. The lowest BCUT2D eigenvalue weighted by Crippen LogP contribution is -2.15. The second-order valence-electron chi connectivity index (χ2n) is 6.25. The van der Waals surface area contributed by atoms with Crippen LogP contribution in [0.3, 0.4) is 0 Å². The van der Waals surface area contributed by atoms with Gasteiger partial charge in [0.05, 0.1) is 11.8 Å². The molecule has 0 aliphatic heterocycles. The normalized spacial score (nSPS) is 15.5. The van der Waals surface area contributed by atoms with E-state index in [1.807, 2.05) is 22.9 Å². The van der Waals surface area contributed by atoms with Gasteiger partial charge in [-0.2, -0.15) is 4.98 Å². The molecular weight excluding hydrogens is 336 g/mol. The molecule has 1 fully saturated rings. The van der Waals surface area contributed by atoms with Gasteiger partial charge in [0.25, 0.3) is 0 Å². The Labute approximate surface area is 150 Å². The van der Waals surface area contributed by atoms with Crippen molar-refractivity contribution < 1.29 is 4.52 Å². The van der Waals surface area contributed by atoms with Crippen molar-refractivity contribution >= 4 is 11.8 Å². The van der Waals surface area contributed by atoms with Gasteiger partial charge in [-0.3, -0.25) is 0 Å². The summed E-state index contributed by atoms with van der Waals surface area (Å²) in [5.41, 5.74) is 1.17. The Morgan fingerprint density at radius 1 is 1.12 bits per heavy atom. The maximum absolute atomic E-state index is 5.36. The summed E-state index contributed by atoms with van der Waals surface area (Å²) in [7, 11) is 0. The maximum atomic E-state index is 5.36. The largest absolute Gasteiger partial charge is 0.338 e. The first-order valence-corrected chi connectivity index (χ1v) is 9.63. The fraction of sp³-hybridized carbons (Fsp3) is 0.471. The van der Waals surface area contributed by atoms with E-state index >= 15 is 0 Å². The number of hydrogen-bond donors (Lipinski definition) is 0. The highest BCUT2D eigenvalue weighted by atomic mass is 32.2. The predicted molar refractivity (Wildman–Crippen MR) is 93.0 cm³/mol. The van der Waals surface area contributed by atoms with Crippen LogP contribution in [-0.4, -0.2) is 30.3 Å². The quantitative estimate of drug-likeness (QED) is 0.626. The molecule has 7 nitrogen and oxygen atoms in total. The van der Waals surface area contributed by atoms with Gasteiger partial charge in [0.1, 0.15) is 0 Å². The SMILES string of the molecule is c1ccc(Cc2noc(CSc3nnnn3C3CCCCC3)n2)cc1. The Bertz CT molecular complexity index is 796. The average molecular weight is 356 g/mol. The zero-order valence-electron chi connectivity index (χ0n) is 13.9. The van der Waals surface area contributed by atoms with Crippen molar-refractivity contribution in [2.75, 3.05) is 0 Å². The molecule has 0 N–H and O–H groups in total. The summed E-state index contributed by atoms with van der Waals surface area (Å²) >= 11 is 1.55. The van der Waals surface area contributed by atoms with E-state index in [2.05, 4.69) is 37.8 Å². The van der Waals surface area contributed by atoms with Crippen molar-refractivity contribution in [3.05, 3.63) is 47.6 Å². The minimum absolute atomic E-state index is 0.419. The number of benzene rings is 1. The summed E-state index contributed by atoms with van der Waals surface area (Å²) in [5, 5.41) is 17.1.